The van der Waals surface area contributed by atoms with Crippen molar-refractivity contribution >= 4 is 5.82 Å². The maximum atomic E-state index is 5.33. The molecule has 0 bridgehead atoms. The molecule has 0 aromatic carbocycles. The highest BCUT2D eigenvalue weighted by atomic mass is 16.5. The summed E-state index contributed by atoms with van der Waals surface area (Å²) < 4.78 is 10.00. The molecule has 0 radical (unpaired) electrons. The van der Waals surface area contributed by atoms with Crippen LogP contribution in [0.3, 0.4) is 0 Å². The minimum atomic E-state index is 0.405. The van der Waals surface area contributed by atoms with Gasteiger partial charge in [0.15, 0.2) is 5.82 Å². The van der Waals surface area contributed by atoms with Gasteiger partial charge in [0, 0.05) is 13.2 Å². The lowest BCUT2D eigenvalue weighted by Crippen LogP contribution is -2.10. The van der Waals surface area contributed by atoms with Crippen molar-refractivity contribution in [3.05, 3.63) is 30.4 Å². The quantitative estimate of drug-likeness (QED) is 0.594. The minimum absolute atomic E-state index is 0.405. The molecule has 2 aromatic rings. The van der Waals surface area contributed by atoms with E-state index in [1.54, 1.807) is 31.8 Å². The molecule has 2 heterocycles. The van der Waals surface area contributed by atoms with E-state index in [2.05, 4.69) is 15.4 Å². The topological polar surface area (TPSA) is 86.2 Å². The van der Waals surface area contributed by atoms with E-state index in [1.165, 1.54) is 0 Å². The van der Waals surface area contributed by atoms with Crippen LogP contribution >= 0.6 is 0 Å². The van der Waals surface area contributed by atoms with E-state index in [1.807, 2.05) is 0 Å². The van der Waals surface area contributed by atoms with Crippen molar-refractivity contribution in [2.24, 2.45) is 5.84 Å². The predicted molar refractivity (Wildman–Crippen MR) is 58.3 cm³/mol. The van der Waals surface area contributed by atoms with Gasteiger partial charge in [-0.05, 0) is 6.07 Å². The summed E-state index contributed by atoms with van der Waals surface area (Å²) in [5.74, 6) is 6.42. The summed E-state index contributed by atoms with van der Waals surface area (Å²) in [6.45, 7) is 0.405. The third kappa shape index (κ3) is 2.18. The molecule has 84 valence electrons. The Morgan fingerprint density at radius 1 is 1.50 bits per heavy atom. The monoisotopic (exact) mass is 220 g/mol. The first kappa shape index (κ1) is 10.6. The largest absolute Gasteiger partial charge is 0.472 e. The van der Waals surface area contributed by atoms with Crippen LogP contribution in [0.2, 0.25) is 0 Å². The second kappa shape index (κ2) is 4.73. The number of rotatable bonds is 4. The maximum Gasteiger partial charge on any atom is 0.165 e. The first-order valence-corrected chi connectivity index (χ1v) is 4.69. The number of hydrogen-bond donors (Lipinski definition) is 2. The van der Waals surface area contributed by atoms with Crippen molar-refractivity contribution in [1.82, 2.24) is 9.97 Å². The maximum absolute atomic E-state index is 5.33. The fraction of sp³-hybridized carbons (Fsp3) is 0.200. The summed E-state index contributed by atoms with van der Waals surface area (Å²) >= 11 is 0. The number of anilines is 1. The summed E-state index contributed by atoms with van der Waals surface area (Å²) in [5, 5.41) is 0. The van der Waals surface area contributed by atoms with Crippen LogP contribution in [-0.4, -0.2) is 17.1 Å². The first-order valence-electron chi connectivity index (χ1n) is 4.69. The Labute approximate surface area is 92.4 Å². The van der Waals surface area contributed by atoms with Gasteiger partial charge in [0.25, 0.3) is 0 Å². The van der Waals surface area contributed by atoms with Crippen molar-refractivity contribution < 1.29 is 9.15 Å². The van der Waals surface area contributed by atoms with E-state index < -0.39 is 0 Å². The molecule has 2 aromatic heterocycles. The number of nitrogens with zero attached hydrogens (tertiary/aromatic N) is 2. The van der Waals surface area contributed by atoms with Gasteiger partial charge >= 0.3 is 0 Å². The number of hydrazine groups is 1. The molecule has 0 saturated heterocycles. The van der Waals surface area contributed by atoms with Crippen LogP contribution in [0, 0.1) is 0 Å². The highest BCUT2D eigenvalue weighted by Crippen LogP contribution is 2.18. The molecule has 0 aliphatic rings. The minimum Gasteiger partial charge on any atom is -0.472 e. The number of hydrogen-bond acceptors (Lipinski definition) is 6. The summed E-state index contributed by atoms with van der Waals surface area (Å²) in [7, 11) is 1.61. The number of nitrogen functional groups attached to an aromatic ring is 1. The fourth-order valence-electron chi connectivity index (χ4n) is 1.31. The Morgan fingerprint density at radius 3 is 3.00 bits per heavy atom. The molecule has 0 aliphatic heterocycles. The molecule has 0 saturated carbocycles. The van der Waals surface area contributed by atoms with Gasteiger partial charge in [-0.25, -0.2) is 15.8 Å². The van der Waals surface area contributed by atoms with E-state index in [0.29, 0.717) is 18.2 Å². The lowest BCUT2D eigenvalue weighted by Gasteiger charge is -2.05. The van der Waals surface area contributed by atoms with Gasteiger partial charge in [-0.1, -0.05) is 0 Å². The average molecular weight is 220 g/mol. The van der Waals surface area contributed by atoms with E-state index in [-0.39, 0.29) is 0 Å². The number of nitrogens with two attached hydrogens (primary N) is 1. The lowest BCUT2D eigenvalue weighted by atomic mass is 10.3. The Morgan fingerprint density at radius 2 is 2.38 bits per heavy atom. The second-order valence-electron chi connectivity index (χ2n) is 3.16. The highest BCUT2D eigenvalue weighted by Gasteiger charge is 2.07. The zero-order chi connectivity index (χ0) is 11.4. The number of methoxy groups -OCH3 is 1. The Bertz CT molecular complexity index is 456. The van der Waals surface area contributed by atoms with Gasteiger partial charge in [-0.15, -0.1) is 0 Å². The molecule has 0 atom stereocenters. The van der Waals surface area contributed by atoms with Gasteiger partial charge in [0.05, 0.1) is 24.1 Å². The molecule has 0 spiro atoms. The molecule has 0 aliphatic carbocycles. The van der Waals surface area contributed by atoms with E-state index in [0.717, 1.165) is 11.3 Å². The van der Waals surface area contributed by atoms with Crippen LogP contribution in [0.5, 0.6) is 0 Å². The molecular weight excluding hydrogens is 208 g/mol. The third-order valence-electron chi connectivity index (χ3n) is 2.00. The van der Waals surface area contributed by atoms with Crippen LogP contribution in [0.25, 0.3) is 11.4 Å². The Kier molecular flexibility index (Phi) is 3.13. The van der Waals surface area contributed by atoms with Crippen molar-refractivity contribution in [2.75, 3.05) is 12.5 Å². The summed E-state index contributed by atoms with van der Waals surface area (Å²) in [4.78, 5) is 8.54. The van der Waals surface area contributed by atoms with Gasteiger partial charge in [0.1, 0.15) is 12.1 Å². The second-order valence-corrected chi connectivity index (χ2v) is 3.16. The Hall–Kier alpha value is -1.92. The molecule has 2 rings (SSSR count). The van der Waals surface area contributed by atoms with Gasteiger partial charge in [-0.2, -0.15) is 0 Å². The number of ether oxygens (including phenoxy) is 1. The van der Waals surface area contributed by atoms with E-state index in [9.17, 15) is 0 Å². The van der Waals surface area contributed by atoms with Crippen LogP contribution in [-0.2, 0) is 11.3 Å². The molecule has 6 nitrogen and oxygen atoms in total. The molecule has 0 amide bonds. The van der Waals surface area contributed by atoms with Crippen LogP contribution < -0.4 is 11.3 Å². The van der Waals surface area contributed by atoms with E-state index >= 15 is 0 Å². The molecule has 6 heteroatoms. The zero-order valence-electron chi connectivity index (χ0n) is 8.80. The number of nitrogens with one attached hydrogen (secondary N) is 1. The van der Waals surface area contributed by atoms with Gasteiger partial charge in [0.2, 0.25) is 0 Å². The first-order chi connectivity index (χ1) is 7.83. The average Bonchev–Trinajstić information content (AvgIpc) is 2.82. The summed E-state index contributed by atoms with van der Waals surface area (Å²) in [5.41, 5.74) is 4.04. The van der Waals surface area contributed by atoms with Crippen molar-refractivity contribution in [1.29, 1.82) is 0 Å². The molecule has 3 N–H and O–H groups in total. The molecule has 0 fully saturated rings. The van der Waals surface area contributed by atoms with Crippen molar-refractivity contribution in [3.8, 4) is 11.4 Å². The van der Waals surface area contributed by atoms with Crippen LogP contribution in [0.1, 0.15) is 5.69 Å². The van der Waals surface area contributed by atoms with Crippen molar-refractivity contribution in [3.63, 3.8) is 0 Å². The smallest absolute Gasteiger partial charge is 0.165 e. The fourth-order valence-corrected chi connectivity index (χ4v) is 1.31. The van der Waals surface area contributed by atoms with Crippen LogP contribution in [0.4, 0.5) is 5.82 Å². The normalized spacial score (nSPS) is 10.4. The lowest BCUT2D eigenvalue weighted by molar-refractivity contribution is 0.181. The summed E-state index contributed by atoms with van der Waals surface area (Å²) in [6.07, 6.45) is 3.14. The predicted octanol–water partition coefficient (Wildman–Crippen LogP) is 1.17. The number of furan rings is 1. The Balaban J connectivity index is 2.41. The zero-order valence-corrected chi connectivity index (χ0v) is 8.80. The van der Waals surface area contributed by atoms with Crippen LogP contribution in [0.15, 0.2) is 29.1 Å². The SMILES string of the molecule is COCc1cc(NN)nc(-c2ccoc2)n1. The highest BCUT2D eigenvalue weighted by molar-refractivity contribution is 5.55. The standard InChI is InChI=1S/C10H12N4O2/c1-15-6-8-4-9(14-11)13-10(12-8)7-2-3-16-5-7/h2-5H,6,11H2,1H3,(H,12,13,14). The number of aromatic nitrogens is 2. The molecular formula is C10H12N4O2. The van der Waals surface area contributed by atoms with Gasteiger partial charge in [-0.3, -0.25) is 0 Å². The van der Waals surface area contributed by atoms with Crippen molar-refractivity contribution in [2.45, 2.75) is 6.61 Å². The summed E-state index contributed by atoms with van der Waals surface area (Å²) in [6, 6.07) is 3.51. The third-order valence-corrected chi connectivity index (χ3v) is 2.00. The molecule has 16 heavy (non-hydrogen) atoms. The van der Waals surface area contributed by atoms with Gasteiger partial charge < -0.3 is 14.6 Å². The van der Waals surface area contributed by atoms with E-state index in [4.69, 9.17) is 15.0 Å². The molecule has 0 unspecified atom stereocenters.